The number of rotatable bonds is 5. The fraction of sp³-hybridized carbons (Fsp3) is 0.308. The van der Waals surface area contributed by atoms with E-state index in [1.54, 1.807) is 24.3 Å². The van der Waals surface area contributed by atoms with Crippen LogP contribution < -0.4 is 5.32 Å². The molecule has 1 atom stereocenters. The van der Waals surface area contributed by atoms with Gasteiger partial charge in [-0.25, -0.2) is 4.79 Å². The van der Waals surface area contributed by atoms with Gasteiger partial charge in [-0.1, -0.05) is 6.92 Å². The summed E-state index contributed by atoms with van der Waals surface area (Å²) in [5.41, 5.74) is 0. The Morgan fingerprint density at radius 2 is 2.00 bits per heavy atom. The Hall–Kier alpha value is -1.72. The topological polar surface area (TPSA) is 64.6 Å². The maximum Gasteiger partial charge on any atom is 0.373 e. The van der Waals surface area contributed by atoms with E-state index in [4.69, 9.17) is 20.4 Å². The minimum atomic E-state index is -0.515. The van der Waals surface area contributed by atoms with E-state index in [1.807, 2.05) is 6.92 Å². The number of ether oxygens (including phenoxy) is 1. The Kier molecular flexibility index (Phi) is 4.29. The second-order valence-electron chi connectivity index (χ2n) is 3.83. The van der Waals surface area contributed by atoms with Crippen LogP contribution in [0.5, 0.6) is 0 Å². The van der Waals surface area contributed by atoms with Gasteiger partial charge >= 0.3 is 5.97 Å². The third-order valence-corrected chi connectivity index (χ3v) is 2.79. The molecule has 19 heavy (non-hydrogen) atoms. The average molecular weight is 284 g/mol. The monoisotopic (exact) mass is 283 g/mol. The predicted octanol–water partition coefficient (Wildman–Crippen LogP) is 3.01. The molecule has 2 aromatic heterocycles. The van der Waals surface area contributed by atoms with Crippen LogP contribution in [0, 0.1) is 0 Å². The molecule has 0 aromatic carbocycles. The molecule has 6 heteroatoms. The van der Waals surface area contributed by atoms with E-state index in [1.165, 1.54) is 7.11 Å². The number of nitrogens with one attached hydrogen (secondary N) is 1. The summed E-state index contributed by atoms with van der Waals surface area (Å²) >= 11 is 5.77. The zero-order valence-corrected chi connectivity index (χ0v) is 11.4. The Balaban J connectivity index is 2.29. The van der Waals surface area contributed by atoms with Crippen molar-refractivity contribution in [2.45, 2.75) is 13.0 Å². The van der Waals surface area contributed by atoms with Crippen LogP contribution in [0.2, 0.25) is 5.22 Å². The van der Waals surface area contributed by atoms with Crippen molar-refractivity contribution in [2.75, 3.05) is 13.7 Å². The molecule has 2 aromatic rings. The molecule has 5 nitrogen and oxygen atoms in total. The number of hydrogen-bond acceptors (Lipinski definition) is 5. The molecule has 0 bridgehead atoms. The molecule has 0 saturated heterocycles. The molecule has 0 aliphatic heterocycles. The van der Waals surface area contributed by atoms with E-state index in [9.17, 15) is 4.79 Å². The maximum absolute atomic E-state index is 11.4. The van der Waals surface area contributed by atoms with E-state index in [-0.39, 0.29) is 11.8 Å². The van der Waals surface area contributed by atoms with Crippen molar-refractivity contribution in [3.63, 3.8) is 0 Å². The first-order chi connectivity index (χ1) is 9.15. The third-order valence-electron chi connectivity index (χ3n) is 2.58. The van der Waals surface area contributed by atoms with Gasteiger partial charge in [0.1, 0.15) is 17.6 Å². The fourth-order valence-electron chi connectivity index (χ4n) is 1.75. The first kappa shape index (κ1) is 13.7. The van der Waals surface area contributed by atoms with Gasteiger partial charge in [0.25, 0.3) is 0 Å². The molecule has 102 valence electrons. The summed E-state index contributed by atoms with van der Waals surface area (Å²) in [4.78, 5) is 11.4. The van der Waals surface area contributed by atoms with E-state index < -0.39 is 5.97 Å². The van der Waals surface area contributed by atoms with Gasteiger partial charge in [0, 0.05) is 0 Å². The molecule has 2 rings (SSSR count). The van der Waals surface area contributed by atoms with E-state index in [0.717, 1.165) is 0 Å². The molecular formula is C13H14ClNO4. The van der Waals surface area contributed by atoms with Crippen LogP contribution >= 0.6 is 11.6 Å². The lowest BCUT2D eigenvalue weighted by atomic mass is 10.1. The largest absolute Gasteiger partial charge is 0.463 e. The summed E-state index contributed by atoms with van der Waals surface area (Å²) in [6.07, 6.45) is 0. The van der Waals surface area contributed by atoms with E-state index in [0.29, 0.717) is 23.3 Å². The quantitative estimate of drug-likeness (QED) is 0.855. The van der Waals surface area contributed by atoms with Crippen LogP contribution in [0.4, 0.5) is 0 Å². The second kappa shape index (κ2) is 5.95. The molecule has 1 unspecified atom stereocenters. The normalized spacial score (nSPS) is 12.4. The first-order valence-corrected chi connectivity index (χ1v) is 6.20. The van der Waals surface area contributed by atoms with Gasteiger partial charge in [0.2, 0.25) is 5.76 Å². The Labute approximate surface area is 115 Å². The predicted molar refractivity (Wildman–Crippen MR) is 69.3 cm³/mol. The van der Waals surface area contributed by atoms with Crippen LogP contribution in [0.3, 0.4) is 0 Å². The van der Waals surface area contributed by atoms with Gasteiger partial charge in [-0.05, 0) is 42.4 Å². The van der Waals surface area contributed by atoms with Crippen molar-refractivity contribution in [3.05, 3.63) is 46.8 Å². The van der Waals surface area contributed by atoms with Gasteiger partial charge in [0.05, 0.1) is 7.11 Å². The van der Waals surface area contributed by atoms with E-state index in [2.05, 4.69) is 10.1 Å². The first-order valence-electron chi connectivity index (χ1n) is 5.82. The molecule has 0 fully saturated rings. The van der Waals surface area contributed by atoms with Crippen LogP contribution in [0.1, 0.15) is 35.0 Å². The zero-order valence-electron chi connectivity index (χ0n) is 10.6. The molecule has 0 saturated carbocycles. The number of halogens is 1. The van der Waals surface area contributed by atoms with Crippen molar-refractivity contribution in [1.82, 2.24) is 5.32 Å². The summed E-state index contributed by atoms with van der Waals surface area (Å²) < 4.78 is 15.5. The van der Waals surface area contributed by atoms with Gasteiger partial charge in [0.15, 0.2) is 5.22 Å². The molecule has 0 aliphatic carbocycles. The minimum absolute atomic E-state index is 0.151. The zero-order chi connectivity index (χ0) is 13.8. The maximum atomic E-state index is 11.4. The van der Waals surface area contributed by atoms with E-state index >= 15 is 0 Å². The number of carbonyl (C=O) groups is 1. The number of esters is 1. The highest BCUT2D eigenvalue weighted by Crippen LogP contribution is 2.27. The van der Waals surface area contributed by atoms with Crippen LogP contribution in [0.25, 0.3) is 0 Å². The van der Waals surface area contributed by atoms with Crippen molar-refractivity contribution in [1.29, 1.82) is 0 Å². The Bertz CT molecular complexity index is 560. The Morgan fingerprint density at radius 3 is 2.58 bits per heavy atom. The highest BCUT2D eigenvalue weighted by atomic mass is 35.5. The van der Waals surface area contributed by atoms with Crippen molar-refractivity contribution in [2.24, 2.45) is 0 Å². The smallest absolute Gasteiger partial charge is 0.373 e. The number of carbonyl (C=O) groups excluding carboxylic acids is 1. The highest BCUT2D eigenvalue weighted by molar-refractivity contribution is 6.28. The number of hydrogen-bond donors (Lipinski definition) is 1. The lowest BCUT2D eigenvalue weighted by molar-refractivity contribution is 0.0562. The fourth-order valence-corrected chi connectivity index (χ4v) is 1.90. The second-order valence-corrected chi connectivity index (χ2v) is 4.20. The third kappa shape index (κ3) is 3.00. The average Bonchev–Trinajstić information content (AvgIpc) is 3.04. The molecule has 1 N–H and O–H groups in total. The SMILES string of the molecule is CCNC(c1ccc(Cl)o1)c1ccc(C(=O)OC)o1. The van der Waals surface area contributed by atoms with Crippen molar-refractivity contribution in [3.8, 4) is 0 Å². The van der Waals surface area contributed by atoms with Crippen molar-refractivity contribution < 1.29 is 18.4 Å². The van der Waals surface area contributed by atoms with Crippen LogP contribution in [-0.2, 0) is 4.74 Å². The number of furan rings is 2. The molecule has 0 spiro atoms. The summed E-state index contributed by atoms with van der Waals surface area (Å²) in [6, 6.07) is 6.39. The molecule has 0 amide bonds. The molecular weight excluding hydrogens is 270 g/mol. The van der Waals surface area contributed by atoms with Crippen molar-refractivity contribution >= 4 is 17.6 Å². The molecule has 0 radical (unpaired) electrons. The molecule has 0 aliphatic rings. The van der Waals surface area contributed by atoms with Gasteiger partial charge in [-0.15, -0.1) is 0 Å². The summed E-state index contributed by atoms with van der Waals surface area (Å²) in [7, 11) is 1.30. The van der Waals surface area contributed by atoms with Gasteiger partial charge in [-0.2, -0.15) is 0 Å². The van der Waals surface area contributed by atoms with Gasteiger partial charge in [-0.3, -0.25) is 0 Å². The lowest BCUT2D eigenvalue weighted by Crippen LogP contribution is -2.21. The standard InChI is InChI=1S/C13H14ClNO4/c1-3-15-12(9-6-7-11(14)19-9)8-4-5-10(18-8)13(16)17-2/h4-7,12,15H,3H2,1-2H3. The Morgan fingerprint density at radius 1 is 1.32 bits per heavy atom. The van der Waals surface area contributed by atoms with Gasteiger partial charge < -0.3 is 18.9 Å². The van der Waals surface area contributed by atoms with Crippen LogP contribution in [0.15, 0.2) is 33.1 Å². The van der Waals surface area contributed by atoms with Crippen LogP contribution in [-0.4, -0.2) is 19.6 Å². The molecule has 2 heterocycles. The summed E-state index contributed by atoms with van der Waals surface area (Å²) in [6.45, 7) is 2.67. The summed E-state index contributed by atoms with van der Waals surface area (Å²) in [5, 5.41) is 3.50. The summed E-state index contributed by atoms with van der Waals surface area (Å²) in [5.74, 6) is 0.822. The lowest BCUT2D eigenvalue weighted by Gasteiger charge is -2.12. The minimum Gasteiger partial charge on any atom is -0.463 e. The highest BCUT2D eigenvalue weighted by Gasteiger charge is 2.22. The number of methoxy groups -OCH3 is 1.